The van der Waals surface area contributed by atoms with Crippen LogP contribution in [0.3, 0.4) is 0 Å². The number of halogens is 2. The number of nitrogens with one attached hydrogen (secondary N) is 1. The third kappa shape index (κ3) is 7.67. The Balaban J connectivity index is 1.61. The maximum atomic E-state index is 13.8. The second-order valence-electron chi connectivity index (χ2n) is 9.39. The van der Waals surface area contributed by atoms with Gasteiger partial charge in [-0.2, -0.15) is 0 Å². The van der Waals surface area contributed by atoms with Gasteiger partial charge in [0.05, 0.1) is 4.47 Å². The molecule has 0 aliphatic carbocycles. The SMILES string of the molecule is CCCCNC(=O)[C@@H](Cc1ccccc1)N(Cc1ccc(F)cc1)C(=O)COc1ccc2ccccc2c1Br. The Bertz CT molecular complexity index is 1400. The van der Waals surface area contributed by atoms with Gasteiger partial charge in [-0.25, -0.2) is 4.39 Å². The van der Waals surface area contributed by atoms with Crippen LogP contribution in [0.25, 0.3) is 10.8 Å². The summed E-state index contributed by atoms with van der Waals surface area (Å²) in [6.45, 7) is 2.46. The molecule has 39 heavy (non-hydrogen) atoms. The molecule has 5 nitrogen and oxygen atoms in total. The van der Waals surface area contributed by atoms with Crippen molar-refractivity contribution in [1.82, 2.24) is 10.2 Å². The molecule has 0 aliphatic rings. The highest BCUT2D eigenvalue weighted by molar-refractivity contribution is 9.10. The largest absolute Gasteiger partial charge is 0.483 e. The van der Waals surface area contributed by atoms with Crippen LogP contribution in [0, 0.1) is 5.82 Å². The van der Waals surface area contributed by atoms with Crippen LogP contribution in [-0.4, -0.2) is 35.9 Å². The lowest BCUT2D eigenvalue weighted by Crippen LogP contribution is -2.51. The van der Waals surface area contributed by atoms with Gasteiger partial charge in [0.1, 0.15) is 17.6 Å². The van der Waals surface area contributed by atoms with Crippen LogP contribution in [0.4, 0.5) is 4.39 Å². The molecule has 0 aromatic heterocycles. The van der Waals surface area contributed by atoms with Crippen LogP contribution < -0.4 is 10.1 Å². The Morgan fingerprint density at radius 3 is 2.38 bits per heavy atom. The Morgan fingerprint density at radius 1 is 0.923 bits per heavy atom. The molecule has 0 saturated heterocycles. The number of rotatable bonds is 12. The summed E-state index contributed by atoms with van der Waals surface area (Å²) in [5, 5.41) is 5.02. The van der Waals surface area contributed by atoms with Crippen LogP contribution in [0.5, 0.6) is 5.75 Å². The molecule has 4 rings (SSSR count). The van der Waals surface area contributed by atoms with Crippen molar-refractivity contribution < 1.29 is 18.7 Å². The number of fused-ring (bicyclic) bond motifs is 1. The second-order valence-corrected chi connectivity index (χ2v) is 10.2. The molecule has 4 aromatic carbocycles. The molecule has 4 aromatic rings. The van der Waals surface area contributed by atoms with Crippen molar-refractivity contribution in [3.63, 3.8) is 0 Å². The zero-order valence-electron chi connectivity index (χ0n) is 21.9. The van der Waals surface area contributed by atoms with E-state index in [0.29, 0.717) is 18.7 Å². The average molecular weight is 592 g/mol. The fourth-order valence-electron chi connectivity index (χ4n) is 4.39. The molecular weight excluding hydrogens is 559 g/mol. The Hall–Kier alpha value is -3.71. The van der Waals surface area contributed by atoms with E-state index in [1.54, 1.807) is 12.1 Å². The molecule has 7 heteroatoms. The molecule has 0 fully saturated rings. The number of amides is 2. The number of nitrogens with zero attached hydrogens (tertiary/aromatic N) is 1. The van der Waals surface area contributed by atoms with E-state index in [2.05, 4.69) is 28.2 Å². The number of benzene rings is 4. The summed E-state index contributed by atoms with van der Waals surface area (Å²) < 4.78 is 20.4. The monoisotopic (exact) mass is 590 g/mol. The highest BCUT2D eigenvalue weighted by atomic mass is 79.9. The smallest absolute Gasteiger partial charge is 0.261 e. The fraction of sp³-hybridized carbons (Fsp3) is 0.250. The topological polar surface area (TPSA) is 58.6 Å². The van der Waals surface area contributed by atoms with Crippen LogP contribution in [0.15, 0.2) is 95.5 Å². The van der Waals surface area contributed by atoms with Gasteiger partial charge in [-0.05, 0) is 62.4 Å². The molecule has 0 unspecified atom stereocenters. The van der Waals surface area contributed by atoms with Crippen molar-refractivity contribution in [3.8, 4) is 5.75 Å². The van der Waals surface area contributed by atoms with Crippen LogP contribution in [0.1, 0.15) is 30.9 Å². The van der Waals surface area contributed by atoms with Gasteiger partial charge < -0.3 is 15.0 Å². The Kier molecular flexibility index (Phi) is 10.1. The van der Waals surface area contributed by atoms with E-state index in [1.807, 2.05) is 66.7 Å². The van der Waals surface area contributed by atoms with Crippen molar-refractivity contribution in [2.24, 2.45) is 0 Å². The predicted octanol–water partition coefficient (Wildman–Crippen LogP) is 6.68. The van der Waals surface area contributed by atoms with Gasteiger partial charge in [-0.1, -0.05) is 86.1 Å². The molecule has 0 spiro atoms. The van der Waals surface area contributed by atoms with Crippen LogP contribution in [-0.2, 0) is 22.6 Å². The molecule has 2 amide bonds. The van der Waals surface area contributed by atoms with Crippen LogP contribution in [0.2, 0.25) is 0 Å². The van der Waals surface area contributed by atoms with Gasteiger partial charge in [0, 0.05) is 19.5 Å². The van der Waals surface area contributed by atoms with Crippen molar-refractivity contribution in [2.45, 2.75) is 38.8 Å². The van der Waals surface area contributed by atoms with E-state index in [9.17, 15) is 14.0 Å². The number of ether oxygens (including phenoxy) is 1. The van der Waals surface area contributed by atoms with Gasteiger partial charge in [-0.3, -0.25) is 9.59 Å². The first-order chi connectivity index (χ1) is 19.0. The van der Waals surface area contributed by atoms with E-state index in [1.165, 1.54) is 17.0 Å². The highest BCUT2D eigenvalue weighted by Crippen LogP contribution is 2.33. The standard InChI is InChI=1S/C32H32BrFN2O3/c1-2-3-19-35-32(38)28(20-23-9-5-4-6-10-23)36(21-24-13-16-26(34)17-14-24)30(37)22-39-29-18-15-25-11-7-8-12-27(25)31(29)33/h4-18,28H,2-3,19-22H2,1H3,(H,35,38)/t28-/m1/s1. The van der Waals surface area contributed by atoms with E-state index in [4.69, 9.17) is 4.74 Å². The molecule has 0 heterocycles. The van der Waals surface area contributed by atoms with Gasteiger partial charge in [0.15, 0.2) is 6.61 Å². The molecule has 0 aliphatic heterocycles. The third-order valence-corrected chi connectivity index (χ3v) is 7.36. The molecule has 1 N–H and O–H groups in total. The van der Waals surface area contributed by atoms with Gasteiger partial charge in [0.25, 0.3) is 5.91 Å². The number of hydrogen-bond acceptors (Lipinski definition) is 3. The van der Waals surface area contributed by atoms with Gasteiger partial charge in [0.2, 0.25) is 5.91 Å². The summed E-state index contributed by atoms with van der Waals surface area (Å²) in [4.78, 5) is 28.8. The molecule has 202 valence electrons. The van der Waals surface area contributed by atoms with Crippen molar-refractivity contribution >= 4 is 38.5 Å². The predicted molar refractivity (Wildman–Crippen MR) is 156 cm³/mol. The minimum absolute atomic E-state index is 0.139. The van der Waals surface area contributed by atoms with Gasteiger partial charge >= 0.3 is 0 Å². The fourth-order valence-corrected chi connectivity index (χ4v) is 5.00. The summed E-state index contributed by atoms with van der Waals surface area (Å²) in [6.07, 6.45) is 2.12. The summed E-state index contributed by atoms with van der Waals surface area (Å²) >= 11 is 3.61. The number of carbonyl (C=O) groups is 2. The number of unbranched alkanes of at least 4 members (excludes halogenated alkanes) is 1. The number of carbonyl (C=O) groups excluding carboxylic acids is 2. The lowest BCUT2D eigenvalue weighted by atomic mass is 10.0. The van der Waals surface area contributed by atoms with Crippen molar-refractivity contribution in [3.05, 3.63) is 112 Å². The minimum atomic E-state index is -0.773. The summed E-state index contributed by atoms with van der Waals surface area (Å²) in [5.41, 5.74) is 1.65. The van der Waals surface area contributed by atoms with Crippen molar-refractivity contribution in [2.75, 3.05) is 13.2 Å². The van der Waals surface area contributed by atoms with E-state index in [0.717, 1.165) is 39.2 Å². The lowest BCUT2D eigenvalue weighted by Gasteiger charge is -2.31. The third-order valence-electron chi connectivity index (χ3n) is 6.55. The van der Waals surface area contributed by atoms with Crippen LogP contribution >= 0.6 is 15.9 Å². The van der Waals surface area contributed by atoms with Crippen molar-refractivity contribution in [1.29, 1.82) is 0 Å². The van der Waals surface area contributed by atoms with Gasteiger partial charge in [-0.15, -0.1) is 0 Å². The number of hydrogen-bond donors (Lipinski definition) is 1. The first kappa shape index (κ1) is 28.3. The Labute approximate surface area is 237 Å². The summed E-state index contributed by atoms with van der Waals surface area (Å²) in [5.74, 6) is -0.393. The maximum absolute atomic E-state index is 13.8. The minimum Gasteiger partial charge on any atom is -0.483 e. The quantitative estimate of drug-likeness (QED) is 0.187. The Morgan fingerprint density at radius 2 is 1.64 bits per heavy atom. The highest BCUT2D eigenvalue weighted by Gasteiger charge is 2.30. The average Bonchev–Trinajstić information content (AvgIpc) is 2.96. The first-order valence-electron chi connectivity index (χ1n) is 13.1. The van der Waals surface area contributed by atoms with E-state index in [-0.39, 0.29) is 30.8 Å². The molecule has 0 saturated carbocycles. The molecule has 1 atom stereocenters. The summed E-state index contributed by atoms with van der Waals surface area (Å²) in [7, 11) is 0. The summed E-state index contributed by atoms with van der Waals surface area (Å²) in [6, 6.07) is 26.5. The normalized spacial score (nSPS) is 11.7. The maximum Gasteiger partial charge on any atom is 0.261 e. The zero-order valence-corrected chi connectivity index (χ0v) is 23.5. The zero-order chi connectivity index (χ0) is 27.6. The van der Waals surface area contributed by atoms with E-state index >= 15 is 0 Å². The first-order valence-corrected chi connectivity index (χ1v) is 13.9. The molecular formula is C32H32BrFN2O3. The molecule has 0 radical (unpaired) electrons. The lowest BCUT2D eigenvalue weighted by molar-refractivity contribution is -0.142. The second kappa shape index (κ2) is 13.9. The molecule has 0 bridgehead atoms. The van der Waals surface area contributed by atoms with E-state index < -0.39 is 6.04 Å².